The molecule has 0 fully saturated rings. The molecule has 0 radical (unpaired) electrons. The molecule has 90 valence electrons. The van der Waals surface area contributed by atoms with Gasteiger partial charge in [0.05, 0.1) is 0 Å². The lowest BCUT2D eigenvalue weighted by Crippen LogP contribution is -2.28. The van der Waals surface area contributed by atoms with Crippen LogP contribution in [0, 0.1) is 6.92 Å². The zero-order chi connectivity index (χ0) is 12.0. The van der Waals surface area contributed by atoms with Crippen LogP contribution in [0.2, 0.25) is 5.02 Å². The van der Waals surface area contributed by atoms with Crippen molar-refractivity contribution in [2.24, 2.45) is 0 Å². The van der Waals surface area contributed by atoms with E-state index in [9.17, 15) is 0 Å². The quantitative estimate of drug-likeness (QED) is 0.770. The highest BCUT2D eigenvalue weighted by Crippen LogP contribution is 2.16. The van der Waals surface area contributed by atoms with Gasteiger partial charge in [0.2, 0.25) is 0 Å². The first-order valence-electron chi connectivity index (χ1n) is 5.77. The van der Waals surface area contributed by atoms with Crippen molar-refractivity contribution in [2.75, 3.05) is 26.7 Å². The van der Waals surface area contributed by atoms with Gasteiger partial charge in [0.1, 0.15) is 0 Å². The molecular weight excluding hydrogens is 220 g/mol. The average Bonchev–Trinajstić information content (AvgIpc) is 2.24. The fourth-order valence-electron chi connectivity index (χ4n) is 1.63. The van der Waals surface area contributed by atoms with Gasteiger partial charge >= 0.3 is 0 Å². The summed E-state index contributed by atoms with van der Waals surface area (Å²) in [6, 6.07) is 6.08. The van der Waals surface area contributed by atoms with Gasteiger partial charge in [-0.1, -0.05) is 24.6 Å². The highest BCUT2D eigenvalue weighted by Gasteiger charge is 2.03. The van der Waals surface area contributed by atoms with E-state index in [2.05, 4.69) is 43.2 Å². The summed E-state index contributed by atoms with van der Waals surface area (Å²) in [4.78, 5) is 2.31. The highest BCUT2D eigenvalue weighted by molar-refractivity contribution is 6.30. The summed E-state index contributed by atoms with van der Waals surface area (Å²) in [5, 5.41) is 4.14. The Balaban J connectivity index is 2.48. The molecule has 1 aromatic carbocycles. The molecule has 2 nitrogen and oxygen atoms in total. The zero-order valence-electron chi connectivity index (χ0n) is 10.4. The molecule has 0 aliphatic heterocycles. The summed E-state index contributed by atoms with van der Waals surface area (Å²) >= 11 is 6.00. The lowest BCUT2D eigenvalue weighted by Gasteiger charge is -2.18. The first-order chi connectivity index (χ1) is 7.63. The Labute approximate surface area is 104 Å². The summed E-state index contributed by atoms with van der Waals surface area (Å²) in [6.07, 6.45) is 0. The third-order valence-corrected chi connectivity index (χ3v) is 2.91. The van der Waals surface area contributed by atoms with Crippen LogP contribution in [0.25, 0.3) is 0 Å². The van der Waals surface area contributed by atoms with Crippen LogP contribution in [0.1, 0.15) is 18.1 Å². The minimum Gasteiger partial charge on any atom is -0.316 e. The molecule has 0 heterocycles. The molecule has 0 spiro atoms. The summed E-state index contributed by atoms with van der Waals surface area (Å²) in [6.45, 7) is 8.33. The van der Waals surface area contributed by atoms with E-state index < -0.39 is 0 Å². The molecular formula is C13H21ClN2. The van der Waals surface area contributed by atoms with E-state index in [1.807, 2.05) is 6.07 Å². The van der Waals surface area contributed by atoms with E-state index in [0.29, 0.717) is 0 Å². The lowest BCUT2D eigenvalue weighted by molar-refractivity contribution is 0.325. The molecule has 1 rings (SSSR count). The molecule has 0 aliphatic rings. The van der Waals surface area contributed by atoms with Crippen molar-refractivity contribution < 1.29 is 0 Å². The maximum absolute atomic E-state index is 6.00. The number of hydrogen-bond acceptors (Lipinski definition) is 2. The van der Waals surface area contributed by atoms with Crippen molar-refractivity contribution in [3.05, 3.63) is 34.3 Å². The second-order valence-electron chi connectivity index (χ2n) is 4.16. The zero-order valence-corrected chi connectivity index (χ0v) is 11.1. The summed E-state index contributed by atoms with van der Waals surface area (Å²) < 4.78 is 0. The van der Waals surface area contributed by atoms with Crippen molar-refractivity contribution in [3.63, 3.8) is 0 Å². The molecule has 1 aromatic rings. The molecule has 16 heavy (non-hydrogen) atoms. The molecule has 0 saturated heterocycles. The fraction of sp³-hybridized carbons (Fsp3) is 0.538. The minimum absolute atomic E-state index is 0.820. The highest BCUT2D eigenvalue weighted by atomic mass is 35.5. The maximum atomic E-state index is 6.00. The molecule has 0 saturated carbocycles. The summed E-state index contributed by atoms with van der Waals surface area (Å²) in [5.74, 6) is 0. The molecule has 1 N–H and O–H groups in total. The fourth-order valence-corrected chi connectivity index (χ4v) is 1.82. The Kier molecular flexibility index (Phi) is 5.81. The number of rotatable bonds is 6. The topological polar surface area (TPSA) is 15.3 Å². The van der Waals surface area contributed by atoms with Gasteiger partial charge in [-0.2, -0.15) is 0 Å². The number of nitrogens with one attached hydrogen (secondary N) is 1. The summed E-state index contributed by atoms with van der Waals surface area (Å²) in [5.41, 5.74) is 2.62. The minimum atomic E-state index is 0.820. The van der Waals surface area contributed by atoms with E-state index in [0.717, 1.165) is 31.2 Å². The van der Waals surface area contributed by atoms with Crippen molar-refractivity contribution in [1.82, 2.24) is 10.2 Å². The van der Waals surface area contributed by atoms with Crippen LogP contribution in [0.5, 0.6) is 0 Å². The normalized spacial score (nSPS) is 11.1. The monoisotopic (exact) mass is 240 g/mol. The number of benzene rings is 1. The molecule has 0 bridgehead atoms. The van der Waals surface area contributed by atoms with Crippen LogP contribution in [-0.4, -0.2) is 31.6 Å². The van der Waals surface area contributed by atoms with Crippen molar-refractivity contribution in [2.45, 2.75) is 20.4 Å². The van der Waals surface area contributed by atoms with E-state index in [-0.39, 0.29) is 0 Å². The summed E-state index contributed by atoms with van der Waals surface area (Å²) in [7, 11) is 2.14. The number of aryl methyl sites for hydroxylation is 1. The van der Waals surface area contributed by atoms with E-state index in [1.54, 1.807) is 0 Å². The van der Waals surface area contributed by atoms with E-state index in [4.69, 9.17) is 11.6 Å². The SMILES string of the molecule is CCNCCN(C)Cc1cc(Cl)ccc1C. The number of hydrogen-bond donors (Lipinski definition) is 1. The molecule has 0 aliphatic carbocycles. The number of halogens is 1. The van der Waals surface area contributed by atoms with Gasteiger partial charge in [-0.3, -0.25) is 0 Å². The Bertz CT molecular complexity index is 326. The molecule has 0 aromatic heterocycles. The predicted octanol–water partition coefficient (Wildman–Crippen LogP) is 2.69. The van der Waals surface area contributed by atoms with Gasteiger partial charge < -0.3 is 10.2 Å². The van der Waals surface area contributed by atoms with Crippen LogP contribution < -0.4 is 5.32 Å². The molecule has 3 heteroatoms. The van der Waals surface area contributed by atoms with E-state index >= 15 is 0 Å². The molecule has 0 amide bonds. The van der Waals surface area contributed by atoms with Crippen LogP contribution in [-0.2, 0) is 6.54 Å². The van der Waals surface area contributed by atoms with Gasteiger partial charge in [-0.05, 0) is 43.8 Å². The van der Waals surface area contributed by atoms with Gasteiger partial charge in [0.15, 0.2) is 0 Å². The largest absolute Gasteiger partial charge is 0.316 e. The predicted molar refractivity (Wildman–Crippen MR) is 71.1 cm³/mol. The second-order valence-corrected chi connectivity index (χ2v) is 4.60. The number of nitrogens with zero attached hydrogens (tertiary/aromatic N) is 1. The Morgan fingerprint density at radius 2 is 2.12 bits per heavy atom. The Morgan fingerprint density at radius 3 is 2.81 bits per heavy atom. The first-order valence-corrected chi connectivity index (χ1v) is 6.15. The molecule has 0 atom stereocenters. The van der Waals surface area contributed by atoms with Crippen LogP contribution in [0.15, 0.2) is 18.2 Å². The van der Waals surface area contributed by atoms with Crippen molar-refractivity contribution in [3.8, 4) is 0 Å². The average molecular weight is 241 g/mol. The smallest absolute Gasteiger partial charge is 0.0409 e. The van der Waals surface area contributed by atoms with Crippen molar-refractivity contribution >= 4 is 11.6 Å². The van der Waals surface area contributed by atoms with Crippen molar-refractivity contribution in [1.29, 1.82) is 0 Å². The Morgan fingerprint density at radius 1 is 1.38 bits per heavy atom. The van der Waals surface area contributed by atoms with Crippen LogP contribution in [0.3, 0.4) is 0 Å². The van der Waals surface area contributed by atoms with Gasteiger partial charge in [0, 0.05) is 24.7 Å². The first kappa shape index (κ1) is 13.5. The van der Waals surface area contributed by atoms with Gasteiger partial charge in [-0.25, -0.2) is 0 Å². The maximum Gasteiger partial charge on any atom is 0.0409 e. The Hall–Kier alpha value is -0.570. The third kappa shape index (κ3) is 4.52. The standard InChI is InChI=1S/C13H21ClN2/c1-4-15-7-8-16(3)10-12-9-13(14)6-5-11(12)2/h5-6,9,15H,4,7-8,10H2,1-3H3. The second kappa shape index (κ2) is 6.89. The van der Waals surface area contributed by atoms with E-state index in [1.165, 1.54) is 11.1 Å². The third-order valence-electron chi connectivity index (χ3n) is 2.67. The van der Waals surface area contributed by atoms with Gasteiger partial charge in [0.25, 0.3) is 0 Å². The molecule has 0 unspecified atom stereocenters. The van der Waals surface area contributed by atoms with Gasteiger partial charge in [-0.15, -0.1) is 0 Å². The lowest BCUT2D eigenvalue weighted by atomic mass is 10.1. The van der Waals surface area contributed by atoms with Crippen LogP contribution >= 0.6 is 11.6 Å². The van der Waals surface area contributed by atoms with Crippen LogP contribution in [0.4, 0.5) is 0 Å². The number of likely N-dealkylation sites (N-methyl/N-ethyl adjacent to an activating group) is 2.